The van der Waals surface area contributed by atoms with E-state index < -0.39 is 0 Å². The molecule has 0 N–H and O–H groups in total. The number of likely N-dealkylation sites (N-methyl/N-ethyl adjacent to an activating group) is 1. The molecule has 0 unspecified atom stereocenters. The number of methoxy groups -OCH3 is 1. The number of ether oxygens (including phenoxy) is 1. The minimum absolute atomic E-state index is 0.206. The molecule has 0 aliphatic rings. The SMILES string of the molecule is COC(=O)C[N+](C)(C)Cc1nc(C#N)c(N(C)C)o1. The number of hydrogen-bond donors (Lipinski definition) is 0. The zero-order chi connectivity index (χ0) is 14.6. The maximum atomic E-state index is 11.3. The van der Waals surface area contributed by atoms with E-state index in [2.05, 4.69) is 9.72 Å². The standard InChI is InChI=1S/C12H19N4O3/c1-15(2)12-9(6-13)14-10(19-12)7-16(3,4)8-11(17)18-5/h7-8H2,1-5H3/q+1. The predicted octanol–water partition coefficient (Wildman–Crippen LogP) is 0.362. The number of oxazole rings is 1. The fourth-order valence-electron chi connectivity index (χ4n) is 1.63. The Balaban J connectivity index is 2.88. The highest BCUT2D eigenvalue weighted by Gasteiger charge is 2.25. The van der Waals surface area contributed by atoms with E-state index in [0.29, 0.717) is 22.8 Å². The average molecular weight is 267 g/mol. The second-order valence-electron chi connectivity index (χ2n) is 5.10. The summed E-state index contributed by atoms with van der Waals surface area (Å²) in [6, 6.07) is 1.99. The summed E-state index contributed by atoms with van der Waals surface area (Å²) in [6.45, 7) is 0.607. The minimum atomic E-state index is -0.301. The third-order valence-corrected chi connectivity index (χ3v) is 2.51. The molecular weight excluding hydrogens is 248 g/mol. The quantitative estimate of drug-likeness (QED) is 0.566. The van der Waals surface area contributed by atoms with Gasteiger partial charge in [0, 0.05) is 14.1 Å². The molecule has 0 atom stereocenters. The third-order valence-electron chi connectivity index (χ3n) is 2.51. The first-order chi connectivity index (χ1) is 8.79. The lowest BCUT2D eigenvalue weighted by molar-refractivity contribution is -0.897. The molecule has 0 fully saturated rings. The van der Waals surface area contributed by atoms with Crippen molar-refractivity contribution in [2.24, 2.45) is 0 Å². The van der Waals surface area contributed by atoms with Crippen LogP contribution in [0.5, 0.6) is 0 Å². The van der Waals surface area contributed by atoms with Gasteiger partial charge in [0.1, 0.15) is 6.07 Å². The summed E-state index contributed by atoms with van der Waals surface area (Å²) in [6.07, 6.45) is 0. The maximum absolute atomic E-state index is 11.3. The summed E-state index contributed by atoms with van der Waals surface area (Å²) in [4.78, 5) is 17.1. The topological polar surface area (TPSA) is 79.4 Å². The Morgan fingerprint density at radius 3 is 2.58 bits per heavy atom. The Hall–Kier alpha value is -2.07. The molecule has 0 radical (unpaired) electrons. The van der Waals surface area contributed by atoms with Crippen LogP contribution in [0.25, 0.3) is 0 Å². The number of rotatable bonds is 5. The summed E-state index contributed by atoms with van der Waals surface area (Å²) < 4.78 is 10.5. The van der Waals surface area contributed by atoms with Crippen LogP contribution in [-0.4, -0.2) is 57.3 Å². The van der Waals surface area contributed by atoms with Gasteiger partial charge in [-0.1, -0.05) is 0 Å². The molecule has 1 aromatic rings. The fourth-order valence-corrected chi connectivity index (χ4v) is 1.63. The highest BCUT2D eigenvalue weighted by Crippen LogP contribution is 2.21. The van der Waals surface area contributed by atoms with Gasteiger partial charge in [-0.05, 0) is 0 Å². The van der Waals surface area contributed by atoms with Crippen LogP contribution >= 0.6 is 0 Å². The van der Waals surface area contributed by atoms with Gasteiger partial charge in [0.15, 0.2) is 13.1 Å². The van der Waals surface area contributed by atoms with Crippen LogP contribution in [0.2, 0.25) is 0 Å². The molecule has 0 aliphatic heterocycles. The summed E-state index contributed by atoms with van der Waals surface area (Å²) in [7, 11) is 8.63. The third kappa shape index (κ3) is 3.96. The van der Waals surface area contributed by atoms with Crippen LogP contribution < -0.4 is 4.90 Å². The number of hydrogen-bond acceptors (Lipinski definition) is 6. The Kier molecular flexibility index (Phi) is 4.51. The molecule has 7 heteroatoms. The Labute approximate surface area is 112 Å². The number of quaternary nitrogens is 1. The van der Waals surface area contributed by atoms with Crippen molar-refractivity contribution in [2.75, 3.05) is 46.7 Å². The molecule has 0 aromatic carbocycles. The molecule has 0 amide bonds. The first-order valence-electron chi connectivity index (χ1n) is 5.75. The van der Waals surface area contributed by atoms with Crippen molar-refractivity contribution in [3.05, 3.63) is 11.6 Å². The molecule has 19 heavy (non-hydrogen) atoms. The number of nitriles is 1. The maximum Gasteiger partial charge on any atom is 0.361 e. The van der Waals surface area contributed by atoms with E-state index in [0.717, 1.165) is 0 Å². The molecule has 1 aromatic heterocycles. The molecule has 1 rings (SSSR count). The Morgan fingerprint density at radius 1 is 1.53 bits per heavy atom. The van der Waals surface area contributed by atoms with Crippen LogP contribution in [0.3, 0.4) is 0 Å². The van der Waals surface area contributed by atoms with Crippen molar-refractivity contribution in [3.63, 3.8) is 0 Å². The van der Waals surface area contributed by atoms with Crippen molar-refractivity contribution in [3.8, 4) is 6.07 Å². The highest BCUT2D eigenvalue weighted by atomic mass is 16.5. The van der Waals surface area contributed by atoms with E-state index >= 15 is 0 Å². The molecule has 104 valence electrons. The van der Waals surface area contributed by atoms with Crippen LogP contribution in [-0.2, 0) is 16.1 Å². The van der Waals surface area contributed by atoms with Gasteiger partial charge in [-0.15, -0.1) is 0 Å². The van der Waals surface area contributed by atoms with Crippen molar-refractivity contribution in [1.82, 2.24) is 4.98 Å². The van der Waals surface area contributed by atoms with Gasteiger partial charge in [-0.3, -0.25) is 0 Å². The summed E-state index contributed by atoms with van der Waals surface area (Å²) in [5.74, 6) is 0.551. The number of nitrogens with zero attached hydrogens (tertiary/aromatic N) is 4. The summed E-state index contributed by atoms with van der Waals surface area (Å²) in [5, 5.41) is 8.98. The zero-order valence-electron chi connectivity index (χ0n) is 11.9. The van der Waals surface area contributed by atoms with E-state index in [4.69, 9.17) is 9.68 Å². The number of esters is 1. The van der Waals surface area contributed by atoms with Crippen LogP contribution in [0.1, 0.15) is 11.6 Å². The molecule has 0 spiro atoms. The number of carbonyl (C=O) groups excluding carboxylic acids is 1. The van der Waals surface area contributed by atoms with Gasteiger partial charge in [-0.25, -0.2) is 4.79 Å². The molecule has 7 nitrogen and oxygen atoms in total. The second kappa shape index (κ2) is 5.71. The second-order valence-corrected chi connectivity index (χ2v) is 5.10. The summed E-state index contributed by atoms with van der Waals surface area (Å²) in [5.41, 5.74) is 0.248. The van der Waals surface area contributed by atoms with Crippen LogP contribution in [0, 0.1) is 11.3 Å². The normalized spacial score (nSPS) is 10.9. The molecule has 1 heterocycles. The largest absolute Gasteiger partial charge is 0.465 e. The van der Waals surface area contributed by atoms with E-state index in [9.17, 15) is 4.79 Å². The van der Waals surface area contributed by atoms with E-state index in [1.165, 1.54) is 7.11 Å². The number of anilines is 1. The molecule has 0 aliphatic carbocycles. The van der Waals surface area contributed by atoms with Crippen molar-refractivity contribution < 1.29 is 18.4 Å². The number of aromatic nitrogens is 1. The molecule has 0 saturated heterocycles. The molecule has 0 bridgehead atoms. The average Bonchev–Trinajstić information content (AvgIpc) is 2.70. The van der Waals surface area contributed by atoms with Crippen LogP contribution in [0.4, 0.5) is 5.88 Å². The number of carbonyl (C=O) groups is 1. The lowest BCUT2D eigenvalue weighted by Gasteiger charge is -2.26. The first-order valence-corrected chi connectivity index (χ1v) is 5.75. The smallest absolute Gasteiger partial charge is 0.361 e. The van der Waals surface area contributed by atoms with Crippen molar-refractivity contribution >= 4 is 11.9 Å². The van der Waals surface area contributed by atoms with Gasteiger partial charge >= 0.3 is 5.97 Å². The Bertz CT molecular complexity index is 500. The predicted molar refractivity (Wildman–Crippen MR) is 68.2 cm³/mol. The fraction of sp³-hybridized carbons (Fsp3) is 0.583. The van der Waals surface area contributed by atoms with Crippen LogP contribution in [0.15, 0.2) is 4.42 Å². The van der Waals surface area contributed by atoms with Crippen molar-refractivity contribution in [1.29, 1.82) is 5.26 Å². The van der Waals surface area contributed by atoms with E-state index in [-0.39, 0.29) is 18.2 Å². The van der Waals surface area contributed by atoms with Crippen molar-refractivity contribution in [2.45, 2.75) is 6.54 Å². The van der Waals surface area contributed by atoms with Gasteiger partial charge in [0.05, 0.1) is 21.2 Å². The molecule has 0 saturated carbocycles. The first kappa shape index (κ1) is 15.0. The minimum Gasteiger partial charge on any atom is -0.465 e. The highest BCUT2D eigenvalue weighted by molar-refractivity contribution is 5.70. The lowest BCUT2D eigenvalue weighted by Crippen LogP contribution is -2.43. The zero-order valence-corrected chi connectivity index (χ0v) is 11.9. The summed E-state index contributed by atoms with van der Waals surface area (Å²) >= 11 is 0. The van der Waals surface area contributed by atoms with E-state index in [1.807, 2.05) is 20.2 Å². The van der Waals surface area contributed by atoms with E-state index in [1.54, 1.807) is 19.0 Å². The lowest BCUT2D eigenvalue weighted by atomic mass is 10.4. The van der Waals surface area contributed by atoms with Gasteiger partial charge in [0.2, 0.25) is 11.6 Å². The van der Waals surface area contributed by atoms with Gasteiger partial charge in [0.25, 0.3) is 5.89 Å². The van der Waals surface area contributed by atoms with Gasteiger partial charge < -0.3 is 18.5 Å². The molecular formula is C12H19N4O3+. The Morgan fingerprint density at radius 2 is 2.16 bits per heavy atom. The van der Waals surface area contributed by atoms with Gasteiger partial charge in [-0.2, -0.15) is 10.2 Å². The monoisotopic (exact) mass is 267 g/mol.